The topological polar surface area (TPSA) is 73.2 Å². The molecule has 2 aromatic rings. The van der Waals surface area contributed by atoms with Crippen molar-refractivity contribution in [1.82, 2.24) is 14.9 Å². The number of benzene rings is 1. The monoisotopic (exact) mass is 327 g/mol. The lowest BCUT2D eigenvalue weighted by Gasteiger charge is -2.35. The van der Waals surface area contributed by atoms with Crippen LogP contribution < -0.4 is 5.32 Å². The van der Waals surface area contributed by atoms with E-state index >= 15 is 0 Å². The number of ether oxygens (including phenoxy) is 1. The van der Waals surface area contributed by atoms with Crippen molar-refractivity contribution in [1.29, 1.82) is 0 Å². The fourth-order valence-electron chi connectivity index (χ4n) is 3.73. The third kappa shape index (κ3) is 2.38. The van der Waals surface area contributed by atoms with Gasteiger partial charge in [0.25, 0.3) is 0 Å². The summed E-state index contributed by atoms with van der Waals surface area (Å²) in [7, 11) is 1.35. The van der Waals surface area contributed by atoms with Gasteiger partial charge in [-0.3, -0.25) is 4.79 Å². The van der Waals surface area contributed by atoms with Crippen molar-refractivity contribution >= 4 is 11.9 Å². The zero-order valence-electron chi connectivity index (χ0n) is 14.2. The molecule has 0 aliphatic heterocycles. The minimum absolute atomic E-state index is 0.0812. The SMILES string of the molecule is COC(=O)c1cncn1C1c2ccccc2C(NC(C)=O)C1(C)C. The van der Waals surface area contributed by atoms with Gasteiger partial charge in [-0.05, 0) is 11.1 Å². The molecule has 6 nitrogen and oxygen atoms in total. The van der Waals surface area contributed by atoms with Crippen molar-refractivity contribution < 1.29 is 14.3 Å². The number of methoxy groups -OCH3 is 1. The van der Waals surface area contributed by atoms with Crippen LogP contribution in [-0.2, 0) is 9.53 Å². The number of hydrogen-bond acceptors (Lipinski definition) is 4. The van der Waals surface area contributed by atoms with Crippen LogP contribution in [0.2, 0.25) is 0 Å². The van der Waals surface area contributed by atoms with Gasteiger partial charge in [0, 0.05) is 12.3 Å². The van der Waals surface area contributed by atoms with Crippen molar-refractivity contribution in [3.8, 4) is 0 Å². The first kappa shape index (κ1) is 16.2. The second-order valence-corrected chi connectivity index (χ2v) is 6.66. The summed E-state index contributed by atoms with van der Waals surface area (Å²) in [6.45, 7) is 5.68. The van der Waals surface area contributed by atoms with E-state index in [1.807, 2.05) is 28.8 Å². The minimum Gasteiger partial charge on any atom is -0.464 e. The van der Waals surface area contributed by atoms with E-state index in [1.54, 1.807) is 6.33 Å². The first-order valence-corrected chi connectivity index (χ1v) is 7.84. The number of nitrogens with zero attached hydrogens (tertiary/aromatic N) is 2. The standard InChI is InChI=1S/C18H21N3O3/c1-11(22)20-15-12-7-5-6-8-13(12)16(18(15,2)3)21-10-19-9-14(21)17(23)24-4/h5-10,15-16H,1-4H3,(H,20,22). The maximum absolute atomic E-state index is 12.1. The van der Waals surface area contributed by atoms with Crippen molar-refractivity contribution in [2.75, 3.05) is 7.11 Å². The average molecular weight is 327 g/mol. The largest absolute Gasteiger partial charge is 0.464 e. The normalized spacial score (nSPS) is 21.2. The predicted molar refractivity (Wildman–Crippen MR) is 88.5 cm³/mol. The maximum Gasteiger partial charge on any atom is 0.356 e. The van der Waals surface area contributed by atoms with Gasteiger partial charge >= 0.3 is 5.97 Å². The first-order chi connectivity index (χ1) is 11.4. The molecule has 0 fully saturated rings. The number of imidazole rings is 1. The molecule has 24 heavy (non-hydrogen) atoms. The minimum atomic E-state index is -0.427. The van der Waals surface area contributed by atoms with E-state index < -0.39 is 5.97 Å². The van der Waals surface area contributed by atoms with Gasteiger partial charge in [0.05, 0.1) is 31.7 Å². The van der Waals surface area contributed by atoms with Crippen molar-refractivity contribution in [2.24, 2.45) is 5.41 Å². The number of aromatic nitrogens is 2. The Morgan fingerprint density at radius 2 is 1.92 bits per heavy atom. The summed E-state index contributed by atoms with van der Waals surface area (Å²) in [6.07, 6.45) is 3.15. The molecular weight excluding hydrogens is 306 g/mol. The van der Waals surface area contributed by atoms with E-state index in [1.165, 1.54) is 20.2 Å². The Balaban J connectivity index is 2.16. The number of rotatable bonds is 3. The lowest BCUT2D eigenvalue weighted by atomic mass is 9.81. The number of esters is 1. The van der Waals surface area contributed by atoms with E-state index in [9.17, 15) is 9.59 Å². The zero-order valence-corrected chi connectivity index (χ0v) is 14.2. The Morgan fingerprint density at radius 1 is 1.25 bits per heavy atom. The Hall–Kier alpha value is -2.63. The van der Waals surface area contributed by atoms with Gasteiger partial charge in [-0.25, -0.2) is 9.78 Å². The Kier molecular flexibility index (Phi) is 3.91. The first-order valence-electron chi connectivity index (χ1n) is 7.84. The van der Waals surface area contributed by atoms with E-state index in [-0.39, 0.29) is 23.4 Å². The smallest absolute Gasteiger partial charge is 0.356 e. The summed E-state index contributed by atoms with van der Waals surface area (Å²) in [4.78, 5) is 27.9. The summed E-state index contributed by atoms with van der Waals surface area (Å²) < 4.78 is 6.71. The number of carbonyl (C=O) groups excluding carboxylic acids is 2. The summed E-state index contributed by atoms with van der Waals surface area (Å²) in [5, 5.41) is 3.05. The molecule has 2 unspecified atom stereocenters. The molecule has 0 saturated carbocycles. The van der Waals surface area contributed by atoms with Crippen LogP contribution in [0.3, 0.4) is 0 Å². The van der Waals surface area contributed by atoms with E-state index in [2.05, 4.69) is 24.1 Å². The second kappa shape index (κ2) is 5.78. The molecule has 126 valence electrons. The molecular formula is C18H21N3O3. The van der Waals surface area contributed by atoms with E-state index in [0.29, 0.717) is 5.69 Å². The predicted octanol–water partition coefficient (Wildman–Crippen LogP) is 2.48. The highest BCUT2D eigenvalue weighted by Gasteiger charge is 2.49. The number of amides is 1. The van der Waals surface area contributed by atoms with Gasteiger partial charge < -0.3 is 14.6 Å². The zero-order chi connectivity index (χ0) is 17.5. The molecule has 1 heterocycles. The van der Waals surface area contributed by atoms with Crippen molar-refractivity contribution in [3.63, 3.8) is 0 Å². The molecule has 1 amide bonds. The van der Waals surface area contributed by atoms with Crippen LogP contribution >= 0.6 is 0 Å². The summed E-state index contributed by atoms with van der Waals surface area (Å²) in [6, 6.07) is 7.69. The third-order valence-corrected chi connectivity index (χ3v) is 4.74. The van der Waals surface area contributed by atoms with Gasteiger partial charge in [-0.2, -0.15) is 0 Å². The lowest BCUT2D eigenvalue weighted by molar-refractivity contribution is -0.120. The molecule has 1 N–H and O–H groups in total. The van der Waals surface area contributed by atoms with Gasteiger partial charge in [0.2, 0.25) is 5.91 Å². The van der Waals surface area contributed by atoms with E-state index in [4.69, 9.17) is 4.74 Å². The van der Waals surface area contributed by atoms with Gasteiger partial charge in [0.1, 0.15) is 5.69 Å². The lowest BCUT2D eigenvalue weighted by Crippen LogP contribution is -2.37. The number of fused-ring (bicyclic) bond motifs is 1. The molecule has 2 atom stereocenters. The maximum atomic E-state index is 12.1. The molecule has 6 heteroatoms. The van der Waals surface area contributed by atoms with Crippen molar-refractivity contribution in [2.45, 2.75) is 32.9 Å². The molecule has 0 bridgehead atoms. The molecule has 1 aliphatic rings. The van der Waals surface area contributed by atoms with Crippen LogP contribution in [0.5, 0.6) is 0 Å². The van der Waals surface area contributed by atoms with Gasteiger partial charge in [-0.15, -0.1) is 0 Å². The Morgan fingerprint density at radius 3 is 2.54 bits per heavy atom. The average Bonchev–Trinajstić information content (AvgIpc) is 3.08. The fraction of sp³-hybridized carbons (Fsp3) is 0.389. The molecule has 1 aliphatic carbocycles. The Labute approximate surface area is 140 Å². The number of hydrogen-bond donors (Lipinski definition) is 1. The molecule has 1 aromatic heterocycles. The molecule has 0 saturated heterocycles. The van der Waals surface area contributed by atoms with Crippen molar-refractivity contribution in [3.05, 3.63) is 53.6 Å². The summed E-state index contributed by atoms with van der Waals surface area (Å²) in [5.74, 6) is -0.508. The highest BCUT2D eigenvalue weighted by atomic mass is 16.5. The van der Waals surface area contributed by atoms with Crippen LogP contribution in [0.25, 0.3) is 0 Å². The molecule has 3 rings (SSSR count). The van der Waals surface area contributed by atoms with Gasteiger partial charge in [-0.1, -0.05) is 38.1 Å². The van der Waals surface area contributed by atoms with Crippen LogP contribution in [0, 0.1) is 5.41 Å². The van der Waals surface area contributed by atoms with Gasteiger partial charge in [0.15, 0.2) is 0 Å². The number of nitrogens with one attached hydrogen (secondary N) is 1. The second-order valence-electron chi connectivity index (χ2n) is 6.66. The number of carbonyl (C=O) groups is 2. The Bertz CT molecular complexity index is 794. The third-order valence-electron chi connectivity index (χ3n) is 4.74. The highest BCUT2D eigenvalue weighted by Crippen LogP contribution is 2.54. The summed E-state index contributed by atoms with van der Waals surface area (Å²) in [5.41, 5.74) is 2.18. The molecule has 0 radical (unpaired) electrons. The molecule has 0 spiro atoms. The fourth-order valence-corrected chi connectivity index (χ4v) is 3.73. The van der Waals surface area contributed by atoms with Crippen LogP contribution in [0.1, 0.15) is 54.5 Å². The summed E-state index contributed by atoms with van der Waals surface area (Å²) >= 11 is 0. The van der Waals surface area contributed by atoms with E-state index in [0.717, 1.165) is 11.1 Å². The van der Waals surface area contributed by atoms with Crippen LogP contribution in [0.4, 0.5) is 0 Å². The highest BCUT2D eigenvalue weighted by molar-refractivity contribution is 5.87. The van der Waals surface area contributed by atoms with Crippen LogP contribution in [-0.4, -0.2) is 28.5 Å². The molecule has 1 aromatic carbocycles. The van der Waals surface area contributed by atoms with Crippen LogP contribution in [0.15, 0.2) is 36.8 Å². The quantitative estimate of drug-likeness (QED) is 0.879.